The summed E-state index contributed by atoms with van der Waals surface area (Å²) in [6.45, 7) is 10.5. The largest absolute Gasteiger partial charge is 0.493 e. The Hall–Kier alpha value is -2.60. The van der Waals surface area contributed by atoms with Crippen LogP contribution in [0.15, 0.2) is 41.5 Å². The SMILES string of the molecule is CCNC(=NCc1ccc(C)cc1OCC1CCOC1)NCc1ncccc1C. The van der Waals surface area contributed by atoms with Gasteiger partial charge in [0, 0.05) is 30.8 Å². The van der Waals surface area contributed by atoms with Crippen molar-refractivity contribution in [3.8, 4) is 5.75 Å². The minimum atomic E-state index is 0.479. The van der Waals surface area contributed by atoms with E-state index >= 15 is 0 Å². The maximum Gasteiger partial charge on any atom is 0.191 e. The van der Waals surface area contributed by atoms with E-state index in [9.17, 15) is 0 Å². The Balaban J connectivity index is 1.65. The molecule has 1 aromatic carbocycles. The Morgan fingerprint density at radius 2 is 2.17 bits per heavy atom. The lowest BCUT2D eigenvalue weighted by Crippen LogP contribution is -2.37. The monoisotopic (exact) mass is 396 g/mol. The van der Waals surface area contributed by atoms with Crippen LogP contribution in [0.2, 0.25) is 0 Å². The summed E-state index contributed by atoms with van der Waals surface area (Å²) in [5.41, 5.74) is 4.46. The van der Waals surface area contributed by atoms with Gasteiger partial charge in [0.1, 0.15) is 5.75 Å². The summed E-state index contributed by atoms with van der Waals surface area (Å²) in [7, 11) is 0. The number of nitrogens with one attached hydrogen (secondary N) is 2. The van der Waals surface area contributed by atoms with Crippen molar-refractivity contribution >= 4 is 5.96 Å². The minimum Gasteiger partial charge on any atom is -0.493 e. The predicted octanol–water partition coefficient (Wildman–Crippen LogP) is 3.37. The van der Waals surface area contributed by atoms with Crippen LogP contribution in [0.1, 0.15) is 35.7 Å². The van der Waals surface area contributed by atoms with Crippen LogP contribution in [-0.2, 0) is 17.8 Å². The molecule has 3 rings (SSSR count). The molecule has 1 fully saturated rings. The lowest BCUT2D eigenvalue weighted by atomic mass is 10.1. The van der Waals surface area contributed by atoms with E-state index in [1.165, 1.54) is 11.1 Å². The van der Waals surface area contributed by atoms with Gasteiger partial charge in [-0.05, 0) is 50.5 Å². The topological polar surface area (TPSA) is 67.8 Å². The number of pyridine rings is 1. The number of aliphatic imine (C=N–C) groups is 1. The smallest absolute Gasteiger partial charge is 0.191 e. The molecule has 1 unspecified atom stereocenters. The molecule has 1 aliphatic rings. The number of aromatic nitrogens is 1. The van der Waals surface area contributed by atoms with Gasteiger partial charge in [0.25, 0.3) is 0 Å². The van der Waals surface area contributed by atoms with E-state index in [0.29, 0.717) is 25.6 Å². The second-order valence-electron chi connectivity index (χ2n) is 7.47. The molecule has 0 amide bonds. The first-order valence-corrected chi connectivity index (χ1v) is 10.4. The summed E-state index contributed by atoms with van der Waals surface area (Å²) in [6.07, 6.45) is 2.89. The third kappa shape index (κ3) is 6.46. The lowest BCUT2D eigenvalue weighted by Gasteiger charge is -2.15. The average molecular weight is 397 g/mol. The van der Waals surface area contributed by atoms with Crippen LogP contribution < -0.4 is 15.4 Å². The number of aryl methyl sites for hydroxylation is 2. The van der Waals surface area contributed by atoms with Gasteiger partial charge >= 0.3 is 0 Å². The maximum atomic E-state index is 6.14. The van der Waals surface area contributed by atoms with Crippen molar-refractivity contribution in [2.75, 3.05) is 26.4 Å². The summed E-state index contributed by atoms with van der Waals surface area (Å²) < 4.78 is 11.6. The van der Waals surface area contributed by atoms with Crippen LogP contribution in [0.25, 0.3) is 0 Å². The number of ether oxygens (including phenoxy) is 2. The first-order chi connectivity index (χ1) is 14.2. The summed E-state index contributed by atoms with van der Waals surface area (Å²) in [4.78, 5) is 9.20. The molecule has 1 aromatic heterocycles. The molecule has 0 spiro atoms. The Morgan fingerprint density at radius 3 is 2.93 bits per heavy atom. The fraction of sp³-hybridized carbons (Fsp3) is 0.478. The van der Waals surface area contributed by atoms with E-state index in [-0.39, 0.29) is 0 Å². The van der Waals surface area contributed by atoms with Crippen LogP contribution in [0.5, 0.6) is 5.75 Å². The molecule has 2 heterocycles. The Kier molecular flexibility index (Phi) is 7.87. The molecule has 6 nitrogen and oxygen atoms in total. The van der Waals surface area contributed by atoms with E-state index in [1.807, 2.05) is 12.3 Å². The summed E-state index contributed by atoms with van der Waals surface area (Å²) >= 11 is 0. The van der Waals surface area contributed by atoms with Crippen molar-refractivity contribution in [1.29, 1.82) is 0 Å². The second-order valence-corrected chi connectivity index (χ2v) is 7.47. The number of benzene rings is 1. The number of guanidine groups is 1. The van der Waals surface area contributed by atoms with Crippen molar-refractivity contribution in [3.63, 3.8) is 0 Å². The fourth-order valence-corrected chi connectivity index (χ4v) is 3.23. The third-order valence-electron chi connectivity index (χ3n) is 5.01. The first-order valence-electron chi connectivity index (χ1n) is 10.4. The van der Waals surface area contributed by atoms with Crippen molar-refractivity contribution in [1.82, 2.24) is 15.6 Å². The molecule has 0 saturated carbocycles. The quantitative estimate of drug-likeness (QED) is 0.529. The van der Waals surface area contributed by atoms with E-state index in [1.54, 1.807) is 0 Å². The summed E-state index contributed by atoms with van der Waals surface area (Å²) in [5, 5.41) is 6.68. The number of nitrogens with zero attached hydrogens (tertiary/aromatic N) is 2. The van der Waals surface area contributed by atoms with Gasteiger partial charge in [0.15, 0.2) is 5.96 Å². The normalized spacial score (nSPS) is 16.7. The zero-order valence-electron chi connectivity index (χ0n) is 17.7. The number of hydrogen-bond acceptors (Lipinski definition) is 4. The van der Waals surface area contributed by atoms with Gasteiger partial charge in [-0.3, -0.25) is 4.98 Å². The molecular weight excluding hydrogens is 364 g/mol. The van der Waals surface area contributed by atoms with Gasteiger partial charge < -0.3 is 20.1 Å². The standard InChI is InChI=1S/C23H32N4O2/c1-4-24-23(27-14-21-18(3)6-5-10-25-21)26-13-20-8-7-17(2)12-22(20)29-16-19-9-11-28-15-19/h5-8,10,12,19H,4,9,11,13-16H2,1-3H3,(H2,24,26,27). The van der Waals surface area contributed by atoms with Gasteiger partial charge in [0.2, 0.25) is 0 Å². The van der Waals surface area contributed by atoms with E-state index in [2.05, 4.69) is 60.7 Å². The Bertz CT molecular complexity index is 816. The number of rotatable bonds is 8. The highest BCUT2D eigenvalue weighted by atomic mass is 16.5. The van der Waals surface area contributed by atoms with Crippen LogP contribution in [0.4, 0.5) is 0 Å². The molecule has 2 aromatic rings. The van der Waals surface area contributed by atoms with Crippen molar-refractivity contribution in [3.05, 3.63) is 58.9 Å². The van der Waals surface area contributed by atoms with Crippen molar-refractivity contribution in [2.45, 2.75) is 40.3 Å². The molecule has 1 aliphatic heterocycles. The minimum absolute atomic E-state index is 0.479. The molecule has 0 radical (unpaired) electrons. The highest BCUT2D eigenvalue weighted by Crippen LogP contribution is 2.23. The van der Waals surface area contributed by atoms with Gasteiger partial charge in [-0.2, -0.15) is 0 Å². The maximum absolute atomic E-state index is 6.14. The molecule has 0 aliphatic carbocycles. The fourth-order valence-electron chi connectivity index (χ4n) is 3.23. The molecule has 1 atom stereocenters. The third-order valence-corrected chi connectivity index (χ3v) is 5.01. The van der Waals surface area contributed by atoms with E-state index in [4.69, 9.17) is 14.5 Å². The van der Waals surface area contributed by atoms with Crippen molar-refractivity contribution in [2.24, 2.45) is 10.9 Å². The Labute approximate surface area is 173 Å². The number of hydrogen-bond donors (Lipinski definition) is 2. The molecule has 29 heavy (non-hydrogen) atoms. The highest BCUT2D eigenvalue weighted by Gasteiger charge is 2.17. The molecule has 6 heteroatoms. The average Bonchev–Trinajstić information content (AvgIpc) is 3.24. The van der Waals surface area contributed by atoms with Gasteiger partial charge in [-0.25, -0.2) is 4.99 Å². The van der Waals surface area contributed by atoms with Gasteiger partial charge in [0.05, 0.1) is 32.0 Å². The molecular formula is C23H32N4O2. The van der Waals surface area contributed by atoms with Gasteiger partial charge in [-0.15, -0.1) is 0 Å². The zero-order valence-corrected chi connectivity index (χ0v) is 17.7. The summed E-state index contributed by atoms with van der Waals surface area (Å²) in [6, 6.07) is 10.3. The second kappa shape index (κ2) is 10.8. The van der Waals surface area contributed by atoms with Crippen LogP contribution in [0.3, 0.4) is 0 Å². The summed E-state index contributed by atoms with van der Waals surface area (Å²) in [5.74, 6) is 2.16. The zero-order chi connectivity index (χ0) is 20.5. The first kappa shape index (κ1) is 21.1. The van der Waals surface area contributed by atoms with E-state index in [0.717, 1.165) is 49.1 Å². The van der Waals surface area contributed by atoms with Crippen LogP contribution in [0, 0.1) is 19.8 Å². The predicted molar refractivity (Wildman–Crippen MR) is 116 cm³/mol. The van der Waals surface area contributed by atoms with Crippen molar-refractivity contribution < 1.29 is 9.47 Å². The molecule has 0 bridgehead atoms. The highest BCUT2D eigenvalue weighted by molar-refractivity contribution is 5.79. The lowest BCUT2D eigenvalue weighted by molar-refractivity contribution is 0.166. The van der Waals surface area contributed by atoms with Crippen LogP contribution >= 0.6 is 0 Å². The van der Waals surface area contributed by atoms with E-state index < -0.39 is 0 Å². The van der Waals surface area contributed by atoms with Gasteiger partial charge in [-0.1, -0.05) is 18.2 Å². The molecule has 1 saturated heterocycles. The Morgan fingerprint density at radius 1 is 1.28 bits per heavy atom. The molecule has 156 valence electrons. The molecule has 2 N–H and O–H groups in total. The van der Waals surface area contributed by atoms with Crippen LogP contribution in [-0.4, -0.2) is 37.3 Å².